The first kappa shape index (κ1) is 88.0. The zero-order valence-corrected chi connectivity index (χ0v) is 61.6. The van der Waals surface area contributed by atoms with E-state index in [1.807, 2.05) is 64.5 Å². The van der Waals surface area contributed by atoms with E-state index in [2.05, 4.69) is 67.4 Å². The summed E-state index contributed by atoms with van der Waals surface area (Å²) in [7, 11) is 26.7. The summed E-state index contributed by atoms with van der Waals surface area (Å²) >= 11 is 0. The Balaban J connectivity index is 0.000000522. The van der Waals surface area contributed by atoms with E-state index in [4.69, 9.17) is 9.47 Å². The van der Waals surface area contributed by atoms with Gasteiger partial charge in [0.15, 0.2) is 9.84 Å². The normalized spacial score (nSPS) is 22.4. The zero-order valence-electron chi connectivity index (χ0n) is 60.7. The number of carbonyl (C=O) groups is 5. The van der Waals surface area contributed by atoms with Crippen LogP contribution >= 0.6 is 0 Å². The van der Waals surface area contributed by atoms with Crippen molar-refractivity contribution in [1.29, 1.82) is 0 Å². The number of likely N-dealkylation sites (N-methyl/N-ethyl adjacent to an activating group) is 9. The van der Waals surface area contributed by atoms with Crippen molar-refractivity contribution in [2.75, 3.05) is 275 Å². The molecule has 7 amide bonds. The van der Waals surface area contributed by atoms with Crippen LogP contribution < -0.4 is 5.56 Å². The molecule has 12 aliphatic heterocycles. The van der Waals surface area contributed by atoms with Crippen LogP contribution in [0.25, 0.3) is 0 Å². The van der Waals surface area contributed by atoms with Gasteiger partial charge in [0, 0.05) is 154 Å². The summed E-state index contributed by atoms with van der Waals surface area (Å²) in [5, 5.41) is 0. The monoisotopic (exact) mass is 1400 g/mol. The first-order valence-corrected chi connectivity index (χ1v) is 34.7. The first-order chi connectivity index (χ1) is 45.0. The van der Waals surface area contributed by atoms with Gasteiger partial charge < -0.3 is 77.6 Å². The number of imide groups is 1. The number of carbonyl (C=O) groups excluding carboxylic acids is 5. The summed E-state index contributed by atoms with van der Waals surface area (Å²) in [6, 6.07) is 5.74. The predicted molar refractivity (Wildman–Crippen MR) is 369 cm³/mol. The van der Waals surface area contributed by atoms with Crippen LogP contribution in [0.1, 0.15) is 44.9 Å². The summed E-state index contributed by atoms with van der Waals surface area (Å²) in [5.41, 5.74) is 0.0347. The van der Waals surface area contributed by atoms with Gasteiger partial charge in [-0.15, -0.1) is 0 Å². The summed E-state index contributed by atoms with van der Waals surface area (Å²) in [6.45, 7) is 19.8. The molecule has 0 aromatic carbocycles. The Morgan fingerprint density at radius 2 is 0.979 bits per heavy atom. The number of hydrogen-bond acceptors (Lipinski definition) is 21. The first-order valence-electron chi connectivity index (χ1n) is 32.9. The van der Waals surface area contributed by atoms with Gasteiger partial charge in [0.05, 0.1) is 70.9 Å². The van der Waals surface area contributed by atoms with Crippen molar-refractivity contribution < 1.29 is 64.2 Å². The molecule has 1 aromatic rings. The highest BCUT2D eigenvalue weighted by Crippen LogP contribution is 2.40. The zero-order chi connectivity index (χ0) is 72.6. The van der Waals surface area contributed by atoms with E-state index in [0.29, 0.717) is 37.1 Å². The quantitative estimate of drug-likeness (QED) is 0.206. The molecule has 13 heterocycles. The average molecular weight is 1400 g/mol. The second kappa shape index (κ2) is 47.1. The van der Waals surface area contributed by atoms with Crippen LogP contribution in [0, 0.1) is 0 Å². The third-order valence-corrected chi connectivity index (χ3v) is 17.6. The van der Waals surface area contributed by atoms with Crippen LogP contribution in [-0.2, 0) is 40.7 Å². The van der Waals surface area contributed by atoms with Crippen LogP contribution in [0.15, 0.2) is 39.2 Å². The number of halogens is 4. The molecular formula is C63H119F4N17O11S. The maximum absolute atomic E-state index is 12.2. The van der Waals surface area contributed by atoms with Crippen molar-refractivity contribution in [3.8, 4) is 0 Å². The fourth-order valence-corrected chi connectivity index (χ4v) is 10.3. The number of aliphatic imine (C=N–C) groups is 2. The van der Waals surface area contributed by atoms with Gasteiger partial charge in [0.25, 0.3) is 6.02 Å². The lowest BCUT2D eigenvalue weighted by molar-refractivity contribution is -0.172. The van der Waals surface area contributed by atoms with Crippen molar-refractivity contribution in [3.05, 3.63) is 34.7 Å². The number of sulfone groups is 1. The largest absolute Gasteiger partial charge is 0.468 e. The fraction of sp³-hybridized carbons (Fsp3) is 0.810. The van der Waals surface area contributed by atoms with E-state index in [1.165, 1.54) is 101 Å². The minimum Gasteiger partial charge on any atom is -0.468 e. The SMILES string of the molecule is CN1C=NCC1.CN1CC(=O)N(C)C1=O.CN1CC(F)(F)C(F)(F)C1.CN1CC1.CN1CCCC1.CN1CCCC1=O.CN1CCCCC1.CN1CCN(C)C1=O.CN1CCOC1=O.CN1CCOCC1.CN1CCS(=O)(=O)CC1.COC1=NCCN1C.Cn1ccccc1=O. The second-order valence-corrected chi connectivity index (χ2v) is 27.5. The molecule has 28 nitrogen and oxygen atoms in total. The molecule has 12 aliphatic rings. The predicted octanol–water partition coefficient (Wildman–Crippen LogP) is 2.32. The van der Waals surface area contributed by atoms with Gasteiger partial charge in [0.1, 0.15) is 13.2 Å². The standard InChI is InChI=1S/C6H7NO.C6H13N.C5H7F4N.C5H8N2O2.2C5H10N2O.C5H11NO2S.C5H11NO.C5H9NO.C5H11N.C4H8N2.C4H7NO2.C3H7N/c1-7-5-3-2-4-6(7)8;1-7-5-3-2-4-6-7;1-10-2-4(6,7)5(8,9)3-10;1-6-3-4(8)7(2)5(6)9;1-7-4-3-6-5(7)8-2;1-6-3-4-7(2)5(6)8;1-6-2-4-9(7,8)5-3-6;1-6-2-4-7-5-3-6;1-6-4-2-3-5(6)7;1-6-4-2-3-5-6;1-6-3-2-5-4-6;1-5-2-3-7-4(5)6;1-4-2-3-4/h2-5H,1H3;2-6H2,1H3;2-3H2,1H3;3H2,1-2H3;2*3-4H2,1-2H3;2-5H2,1H3;2-5H2,1H3;2-4H2,1H3;2-5H2,1H3;4H,2-3H2,1H3;2-3H2,1H3;2-3H2,1H3. The minimum absolute atomic E-state index is 0.0347. The molecule has 33 heteroatoms. The van der Waals surface area contributed by atoms with Crippen LogP contribution in [0.5, 0.6) is 0 Å². The molecule has 0 unspecified atom stereocenters. The molecule has 13 rings (SSSR count). The van der Waals surface area contributed by atoms with Gasteiger partial charge in [-0.05, 0) is 107 Å². The molecule has 0 atom stereocenters. The number of aromatic nitrogens is 1. The summed E-state index contributed by atoms with van der Waals surface area (Å²) < 4.78 is 86.3. The van der Waals surface area contributed by atoms with Crippen LogP contribution in [-0.4, -0.2) is 410 Å². The van der Waals surface area contributed by atoms with Crippen LogP contribution in [0.3, 0.4) is 0 Å². The summed E-state index contributed by atoms with van der Waals surface area (Å²) in [5.74, 6) is -6.86. The van der Waals surface area contributed by atoms with Gasteiger partial charge in [-0.3, -0.25) is 29.2 Å². The molecule has 0 N–H and O–H groups in total. The highest BCUT2D eigenvalue weighted by atomic mass is 32.2. The number of methoxy groups -OCH3 is 1. The number of morpholine rings is 1. The van der Waals surface area contributed by atoms with Crippen LogP contribution in [0.2, 0.25) is 0 Å². The molecule has 0 aliphatic carbocycles. The van der Waals surface area contributed by atoms with Crippen molar-refractivity contribution in [2.45, 2.75) is 56.8 Å². The van der Waals surface area contributed by atoms with E-state index in [0.717, 1.165) is 107 Å². The number of hydrogen-bond donors (Lipinski definition) is 0. The highest BCUT2D eigenvalue weighted by molar-refractivity contribution is 7.91. The number of aryl methyl sites for hydroxylation is 1. The number of ether oxygens (including phenoxy) is 3. The Morgan fingerprint density at radius 1 is 0.479 bits per heavy atom. The number of piperidine rings is 1. The number of pyridine rings is 1. The molecule has 0 radical (unpaired) electrons. The summed E-state index contributed by atoms with van der Waals surface area (Å²) in [6.07, 6.45) is 12.3. The molecule has 0 spiro atoms. The molecule has 96 heavy (non-hydrogen) atoms. The van der Waals surface area contributed by atoms with Gasteiger partial charge in [-0.25, -0.2) is 27.8 Å². The number of amidine groups is 1. The maximum atomic E-state index is 12.2. The van der Waals surface area contributed by atoms with E-state index >= 15 is 0 Å². The van der Waals surface area contributed by atoms with Gasteiger partial charge in [0.2, 0.25) is 17.4 Å². The van der Waals surface area contributed by atoms with Crippen molar-refractivity contribution in [3.63, 3.8) is 0 Å². The van der Waals surface area contributed by atoms with E-state index in [1.54, 1.807) is 60.1 Å². The number of cyclic esters (lactones) is 1. The Kier molecular flexibility index (Phi) is 43.2. The third-order valence-electron chi connectivity index (χ3n) is 16.0. The minimum atomic E-state index is -3.85. The van der Waals surface area contributed by atoms with Crippen molar-refractivity contribution in [1.82, 2.24) is 73.2 Å². The van der Waals surface area contributed by atoms with E-state index < -0.39 is 34.8 Å². The van der Waals surface area contributed by atoms with Crippen molar-refractivity contribution >= 4 is 52.2 Å². The molecule has 556 valence electrons. The Bertz CT molecular complexity index is 2530. The number of urea groups is 2. The Labute approximate surface area is 570 Å². The fourth-order valence-electron chi connectivity index (χ4n) is 8.94. The molecule has 0 saturated carbocycles. The van der Waals surface area contributed by atoms with Gasteiger partial charge in [-0.2, -0.15) is 17.6 Å². The molecule has 0 bridgehead atoms. The topological polar surface area (TPSA) is 239 Å². The molecular weight excluding hydrogens is 1280 g/mol. The Hall–Kier alpha value is -5.97. The lowest BCUT2D eigenvalue weighted by Gasteiger charge is -2.21. The maximum Gasteiger partial charge on any atom is 0.409 e. The number of alkyl halides is 4. The number of nitrogens with zero attached hydrogens (tertiary/aromatic N) is 17. The van der Waals surface area contributed by atoms with Gasteiger partial charge in [-0.1, -0.05) is 12.5 Å². The summed E-state index contributed by atoms with van der Waals surface area (Å²) in [4.78, 5) is 97.0. The lowest BCUT2D eigenvalue weighted by Crippen LogP contribution is -2.38. The Morgan fingerprint density at radius 3 is 1.17 bits per heavy atom. The lowest BCUT2D eigenvalue weighted by atomic mass is 10.1. The van der Waals surface area contributed by atoms with E-state index in [-0.39, 0.29) is 36.2 Å². The van der Waals surface area contributed by atoms with Crippen LogP contribution in [0.4, 0.5) is 31.9 Å². The average Bonchev–Trinajstić information content (AvgIpc) is 1.65. The second-order valence-electron chi connectivity index (χ2n) is 25.2. The van der Waals surface area contributed by atoms with Gasteiger partial charge >= 0.3 is 30.0 Å². The number of rotatable bonds is 0. The number of amides is 7. The number of likely N-dealkylation sites (tertiary alicyclic amines) is 4. The smallest absolute Gasteiger partial charge is 0.409 e. The molecule has 10 saturated heterocycles. The van der Waals surface area contributed by atoms with Crippen molar-refractivity contribution in [2.24, 2.45) is 17.0 Å². The molecule has 1 aromatic heterocycles. The van der Waals surface area contributed by atoms with E-state index in [9.17, 15) is 54.7 Å². The highest BCUT2D eigenvalue weighted by Gasteiger charge is 2.61. The molecule has 10 fully saturated rings. The third kappa shape index (κ3) is 39.4.